The van der Waals surface area contributed by atoms with Crippen molar-refractivity contribution in [3.8, 4) is 0 Å². The molecule has 202 valence electrons. The standard InChI is InChI=1S/C29H32N6O3S/c1-16(2)11-13-33-28(37)25(20-9-10-21-19(15-20)6-5-12-32-21)35(22-14-17(3)7-8-18(22)4)29(38)26-23(30)24(27(31)36)34-39-26/h5-10,12,14-16,25H,11,13,30H2,1-4H3,(H2,31,36)(H,33,37). The van der Waals surface area contributed by atoms with Crippen LogP contribution in [-0.4, -0.2) is 33.6 Å². The van der Waals surface area contributed by atoms with Crippen LogP contribution >= 0.6 is 11.5 Å². The van der Waals surface area contributed by atoms with E-state index in [2.05, 4.69) is 28.5 Å². The Labute approximate surface area is 231 Å². The minimum atomic E-state index is -1.05. The second-order valence-electron chi connectivity index (χ2n) is 9.93. The lowest BCUT2D eigenvalue weighted by Gasteiger charge is -2.32. The first-order chi connectivity index (χ1) is 18.6. The maximum Gasteiger partial charge on any atom is 0.273 e. The lowest BCUT2D eigenvalue weighted by Crippen LogP contribution is -2.44. The van der Waals surface area contributed by atoms with E-state index in [1.807, 2.05) is 56.3 Å². The number of carbonyl (C=O) groups excluding carboxylic acids is 3. The SMILES string of the molecule is Cc1ccc(C)c(N(C(=O)c2snc(C(N)=O)c2N)C(C(=O)NCCC(C)C)c2ccc3ncccc3c2)c1. The third kappa shape index (κ3) is 5.91. The second-order valence-corrected chi connectivity index (χ2v) is 10.7. The molecular formula is C29H32N6O3S. The number of benzene rings is 2. The monoisotopic (exact) mass is 544 g/mol. The fraction of sp³-hybridized carbons (Fsp3) is 0.276. The molecule has 2 heterocycles. The maximum atomic E-state index is 14.3. The van der Waals surface area contributed by atoms with Gasteiger partial charge in [0.1, 0.15) is 10.9 Å². The molecule has 1 atom stereocenters. The lowest BCUT2D eigenvalue weighted by atomic mass is 9.98. The van der Waals surface area contributed by atoms with Crippen molar-refractivity contribution < 1.29 is 14.4 Å². The molecule has 1 unspecified atom stereocenters. The number of anilines is 2. The van der Waals surface area contributed by atoms with Gasteiger partial charge in [0.2, 0.25) is 5.91 Å². The average Bonchev–Trinajstić information content (AvgIpc) is 3.29. The Morgan fingerprint density at radius 3 is 2.54 bits per heavy atom. The number of aryl methyl sites for hydroxylation is 2. The van der Waals surface area contributed by atoms with Crippen LogP contribution in [0, 0.1) is 19.8 Å². The Kier molecular flexibility index (Phi) is 8.25. The molecule has 5 N–H and O–H groups in total. The minimum Gasteiger partial charge on any atom is -0.395 e. The molecule has 0 bridgehead atoms. The molecule has 0 saturated heterocycles. The highest BCUT2D eigenvalue weighted by molar-refractivity contribution is 7.09. The van der Waals surface area contributed by atoms with Gasteiger partial charge in [-0.05, 0) is 78.7 Å². The molecule has 0 aliphatic heterocycles. The number of pyridine rings is 1. The van der Waals surface area contributed by atoms with E-state index in [4.69, 9.17) is 11.5 Å². The van der Waals surface area contributed by atoms with Gasteiger partial charge >= 0.3 is 0 Å². The molecule has 0 radical (unpaired) electrons. The molecular weight excluding hydrogens is 512 g/mol. The zero-order valence-electron chi connectivity index (χ0n) is 22.4. The first kappa shape index (κ1) is 27.7. The van der Waals surface area contributed by atoms with Crippen LogP contribution in [0.2, 0.25) is 0 Å². The van der Waals surface area contributed by atoms with Gasteiger partial charge in [0.05, 0.1) is 11.2 Å². The summed E-state index contributed by atoms with van der Waals surface area (Å²) in [6, 6.07) is 13.9. The summed E-state index contributed by atoms with van der Waals surface area (Å²) in [7, 11) is 0. The van der Waals surface area contributed by atoms with Crippen molar-refractivity contribution in [2.45, 2.75) is 40.2 Å². The van der Waals surface area contributed by atoms with Crippen molar-refractivity contribution in [3.05, 3.63) is 82.0 Å². The molecule has 0 spiro atoms. The number of nitrogens with one attached hydrogen (secondary N) is 1. The van der Waals surface area contributed by atoms with Gasteiger partial charge in [0.25, 0.3) is 11.8 Å². The number of nitrogen functional groups attached to an aromatic ring is 1. The van der Waals surface area contributed by atoms with Gasteiger partial charge in [-0.1, -0.05) is 38.1 Å². The second kappa shape index (κ2) is 11.6. The number of rotatable bonds is 9. The maximum absolute atomic E-state index is 14.3. The number of aromatic nitrogens is 2. The van der Waals surface area contributed by atoms with E-state index in [0.29, 0.717) is 23.7 Å². The molecule has 4 aromatic rings. The number of nitrogens with two attached hydrogens (primary N) is 2. The summed E-state index contributed by atoms with van der Waals surface area (Å²) in [5.74, 6) is -1.34. The molecule has 2 aromatic heterocycles. The summed E-state index contributed by atoms with van der Waals surface area (Å²) < 4.78 is 4.03. The fourth-order valence-electron chi connectivity index (χ4n) is 4.35. The normalized spacial score (nSPS) is 11.9. The number of fused-ring (bicyclic) bond motifs is 1. The van der Waals surface area contributed by atoms with Crippen LogP contribution in [0.25, 0.3) is 10.9 Å². The Morgan fingerprint density at radius 1 is 1.08 bits per heavy atom. The molecule has 9 nitrogen and oxygen atoms in total. The highest BCUT2D eigenvalue weighted by Gasteiger charge is 2.36. The van der Waals surface area contributed by atoms with E-state index >= 15 is 0 Å². The Hall–Kier alpha value is -4.31. The first-order valence-corrected chi connectivity index (χ1v) is 13.4. The van der Waals surface area contributed by atoms with Crippen LogP contribution < -0.4 is 21.7 Å². The third-order valence-corrected chi connectivity index (χ3v) is 7.32. The zero-order chi connectivity index (χ0) is 28.3. The Bertz CT molecular complexity index is 1550. The van der Waals surface area contributed by atoms with Gasteiger partial charge in [-0.25, -0.2) is 0 Å². The molecule has 2 aromatic carbocycles. The van der Waals surface area contributed by atoms with Crippen LogP contribution in [0.3, 0.4) is 0 Å². The summed E-state index contributed by atoms with van der Waals surface area (Å²) >= 11 is 0.786. The largest absolute Gasteiger partial charge is 0.395 e. The number of nitrogens with zero attached hydrogens (tertiary/aromatic N) is 3. The fourth-order valence-corrected chi connectivity index (χ4v) is 5.09. The van der Waals surface area contributed by atoms with Crippen molar-refractivity contribution in [2.24, 2.45) is 11.7 Å². The number of primary amides is 1. The van der Waals surface area contributed by atoms with Crippen LogP contribution in [-0.2, 0) is 4.79 Å². The number of amides is 3. The van der Waals surface area contributed by atoms with Gasteiger partial charge in [-0.2, -0.15) is 4.37 Å². The van der Waals surface area contributed by atoms with Gasteiger partial charge in [0.15, 0.2) is 5.69 Å². The van der Waals surface area contributed by atoms with Crippen molar-refractivity contribution >= 4 is 51.5 Å². The van der Waals surface area contributed by atoms with E-state index < -0.39 is 17.9 Å². The van der Waals surface area contributed by atoms with Gasteiger partial charge in [-0.3, -0.25) is 24.3 Å². The van der Waals surface area contributed by atoms with E-state index in [-0.39, 0.29) is 22.2 Å². The van der Waals surface area contributed by atoms with E-state index in [1.54, 1.807) is 12.3 Å². The van der Waals surface area contributed by atoms with E-state index in [9.17, 15) is 14.4 Å². The highest BCUT2D eigenvalue weighted by Crippen LogP contribution is 2.36. The van der Waals surface area contributed by atoms with Crippen LogP contribution in [0.1, 0.15) is 63.2 Å². The van der Waals surface area contributed by atoms with E-state index in [0.717, 1.165) is 40.0 Å². The Balaban J connectivity index is 1.93. The van der Waals surface area contributed by atoms with Crippen molar-refractivity contribution in [2.75, 3.05) is 17.2 Å². The molecule has 0 fully saturated rings. The first-order valence-electron chi connectivity index (χ1n) is 12.7. The molecule has 0 aliphatic rings. The number of carbonyl (C=O) groups is 3. The third-order valence-electron chi connectivity index (χ3n) is 6.47. The zero-order valence-corrected chi connectivity index (χ0v) is 23.2. The summed E-state index contributed by atoms with van der Waals surface area (Å²) in [4.78, 5) is 46.0. The Morgan fingerprint density at radius 2 is 1.85 bits per heavy atom. The molecule has 0 saturated carbocycles. The molecule has 4 rings (SSSR count). The van der Waals surface area contributed by atoms with Crippen molar-refractivity contribution in [1.29, 1.82) is 0 Å². The highest BCUT2D eigenvalue weighted by atomic mass is 32.1. The average molecular weight is 545 g/mol. The van der Waals surface area contributed by atoms with Crippen LogP contribution in [0.4, 0.5) is 11.4 Å². The molecule has 39 heavy (non-hydrogen) atoms. The van der Waals surface area contributed by atoms with Crippen molar-refractivity contribution in [1.82, 2.24) is 14.7 Å². The number of hydrogen-bond donors (Lipinski definition) is 3. The van der Waals surface area contributed by atoms with Crippen LogP contribution in [0.15, 0.2) is 54.7 Å². The van der Waals surface area contributed by atoms with Gasteiger partial charge in [0, 0.05) is 23.8 Å². The lowest BCUT2D eigenvalue weighted by molar-refractivity contribution is -0.122. The van der Waals surface area contributed by atoms with Gasteiger partial charge in [-0.15, -0.1) is 0 Å². The minimum absolute atomic E-state index is 0.0344. The topological polar surface area (TPSA) is 144 Å². The number of hydrogen-bond acceptors (Lipinski definition) is 7. The summed E-state index contributed by atoms with van der Waals surface area (Å²) in [6.45, 7) is 8.39. The van der Waals surface area contributed by atoms with E-state index in [1.165, 1.54) is 4.90 Å². The van der Waals surface area contributed by atoms with Gasteiger partial charge < -0.3 is 16.8 Å². The smallest absolute Gasteiger partial charge is 0.273 e. The quantitative estimate of drug-likeness (QED) is 0.282. The molecule has 0 aliphatic carbocycles. The predicted octanol–water partition coefficient (Wildman–Crippen LogP) is 4.54. The summed E-state index contributed by atoms with van der Waals surface area (Å²) in [6.07, 6.45) is 2.48. The molecule has 10 heteroatoms. The molecule has 3 amide bonds. The van der Waals surface area contributed by atoms with Crippen LogP contribution in [0.5, 0.6) is 0 Å². The van der Waals surface area contributed by atoms with Crippen molar-refractivity contribution in [3.63, 3.8) is 0 Å². The summed E-state index contributed by atoms with van der Waals surface area (Å²) in [5, 5.41) is 3.85. The summed E-state index contributed by atoms with van der Waals surface area (Å²) in [5.41, 5.74) is 14.9. The predicted molar refractivity (Wildman–Crippen MR) is 155 cm³/mol.